The third kappa shape index (κ3) is 3.32. The number of halogens is 1. The Morgan fingerprint density at radius 1 is 1.19 bits per heavy atom. The van der Waals surface area contributed by atoms with E-state index in [1.54, 1.807) is 17.0 Å². The Hall–Kier alpha value is -2.74. The Morgan fingerprint density at radius 2 is 1.96 bits per heavy atom. The number of nitrogens with two attached hydrogens (primary N) is 1. The molecule has 0 bridgehead atoms. The number of hydrogen-bond donors (Lipinski definition) is 3. The van der Waals surface area contributed by atoms with Gasteiger partial charge < -0.3 is 21.3 Å². The van der Waals surface area contributed by atoms with Crippen molar-refractivity contribution in [2.45, 2.75) is 25.3 Å². The molecular weight excluding hydrogens is 335 g/mol. The average molecular weight is 356 g/mol. The van der Waals surface area contributed by atoms with Crippen molar-refractivity contribution in [3.8, 4) is 0 Å². The molecule has 1 aromatic carbocycles. The fourth-order valence-corrected chi connectivity index (χ4v) is 3.55. The first kappa shape index (κ1) is 16.7. The largest absolute Gasteiger partial charge is 0.368 e. The standard InChI is InChI=1S/C18H21FN6O/c19-11-1-3-13(4-2-11)25-10-12(9-16(25)26)22-17-14-5-7-21-8-6-15(14)23-18(20)24-17/h1-4,12,21H,5-10H2,(H3,20,22,23,24)/t12-/m0/s1. The highest BCUT2D eigenvalue weighted by molar-refractivity contribution is 5.96. The van der Waals surface area contributed by atoms with Crippen LogP contribution in [0.3, 0.4) is 0 Å². The number of hydrogen-bond acceptors (Lipinski definition) is 6. The number of rotatable bonds is 3. The van der Waals surface area contributed by atoms with Gasteiger partial charge in [-0.2, -0.15) is 4.98 Å². The number of benzene rings is 1. The van der Waals surface area contributed by atoms with Gasteiger partial charge in [0.1, 0.15) is 11.6 Å². The van der Waals surface area contributed by atoms with E-state index < -0.39 is 0 Å². The Bertz CT molecular complexity index is 825. The molecule has 0 aliphatic carbocycles. The molecule has 3 heterocycles. The Kier molecular flexibility index (Phi) is 4.42. The van der Waals surface area contributed by atoms with Crippen LogP contribution in [-0.2, 0) is 17.6 Å². The molecule has 0 saturated carbocycles. The normalized spacial score (nSPS) is 20.0. The summed E-state index contributed by atoms with van der Waals surface area (Å²) in [5.74, 6) is 0.648. The van der Waals surface area contributed by atoms with E-state index in [1.165, 1.54) is 12.1 Å². The molecule has 1 atom stereocenters. The summed E-state index contributed by atoms with van der Waals surface area (Å²) in [7, 11) is 0. The average Bonchev–Trinajstić information content (AvgIpc) is 2.82. The van der Waals surface area contributed by atoms with Crippen molar-refractivity contribution in [2.75, 3.05) is 35.6 Å². The van der Waals surface area contributed by atoms with Crippen molar-refractivity contribution in [3.63, 3.8) is 0 Å². The molecule has 4 N–H and O–H groups in total. The molecule has 0 radical (unpaired) electrons. The predicted molar refractivity (Wildman–Crippen MR) is 97.5 cm³/mol. The zero-order valence-electron chi connectivity index (χ0n) is 14.3. The summed E-state index contributed by atoms with van der Waals surface area (Å²) in [6.45, 7) is 2.23. The van der Waals surface area contributed by atoms with E-state index in [0.29, 0.717) is 18.7 Å². The fraction of sp³-hybridized carbons (Fsp3) is 0.389. The number of carbonyl (C=O) groups is 1. The van der Waals surface area contributed by atoms with Crippen LogP contribution in [0.1, 0.15) is 17.7 Å². The maximum absolute atomic E-state index is 13.1. The third-order valence-electron chi connectivity index (χ3n) is 4.80. The topological polar surface area (TPSA) is 96.2 Å². The summed E-state index contributed by atoms with van der Waals surface area (Å²) in [6.07, 6.45) is 1.98. The van der Waals surface area contributed by atoms with Crippen LogP contribution in [0.15, 0.2) is 24.3 Å². The van der Waals surface area contributed by atoms with Gasteiger partial charge in [0.05, 0.1) is 11.7 Å². The lowest BCUT2D eigenvalue weighted by Gasteiger charge is -2.19. The predicted octanol–water partition coefficient (Wildman–Crippen LogP) is 1.10. The minimum atomic E-state index is -0.317. The lowest BCUT2D eigenvalue weighted by Crippen LogP contribution is -2.28. The number of amides is 1. The van der Waals surface area contributed by atoms with Gasteiger partial charge in [0, 0.05) is 37.2 Å². The van der Waals surface area contributed by atoms with Gasteiger partial charge in [0.25, 0.3) is 0 Å². The lowest BCUT2D eigenvalue weighted by atomic mass is 10.1. The number of aromatic nitrogens is 2. The van der Waals surface area contributed by atoms with E-state index in [1.807, 2.05) is 0 Å². The van der Waals surface area contributed by atoms with Crippen LogP contribution in [0.2, 0.25) is 0 Å². The van der Waals surface area contributed by atoms with E-state index in [-0.39, 0.29) is 23.7 Å². The number of anilines is 3. The maximum atomic E-state index is 13.1. The van der Waals surface area contributed by atoms with Gasteiger partial charge >= 0.3 is 0 Å². The Morgan fingerprint density at radius 3 is 2.77 bits per heavy atom. The molecule has 4 rings (SSSR count). The minimum absolute atomic E-state index is 0.00360. The molecule has 26 heavy (non-hydrogen) atoms. The second-order valence-electron chi connectivity index (χ2n) is 6.63. The Labute approximate surface area is 150 Å². The molecule has 136 valence electrons. The fourth-order valence-electron chi connectivity index (χ4n) is 3.55. The summed E-state index contributed by atoms with van der Waals surface area (Å²) in [6, 6.07) is 5.89. The van der Waals surface area contributed by atoms with Crippen LogP contribution < -0.4 is 21.3 Å². The summed E-state index contributed by atoms with van der Waals surface area (Å²) in [5.41, 5.74) is 8.60. The molecule has 1 amide bonds. The highest BCUT2D eigenvalue weighted by Crippen LogP contribution is 2.26. The van der Waals surface area contributed by atoms with Gasteiger partial charge in [-0.3, -0.25) is 4.79 Å². The van der Waals surface area contributed by atoms with Crippen molar-refractivity contribution < 1.29 is 9.18 Å². The molecule has 7 nitrogen and oxygen atoms in total. The molecule has 0 unspecified atom stereocenters. The molecule has 2 aromatic rings. The van der Waals surface area contributed by atoms with Crippen molar-refractivity contribution in [3.05, 3.63) is 41.3 Å². The van der Waals surface area contributed by atoms with Gasteiger partial charge in [-0.25, -0.2) is 9.37 Å². The van der Waals surface area contributed by atoms with Crippen molar-refractivity contribution in [2.24, 2.45) is 0 Å². The van der Waals surface area contributed by atoms with Gasteiger partial charge in [-0.1, -0.05) is 0 Å². The van der Waals surface area contributed by atoms with Crippen molar-refractivity contribution in [1.29, 1.82) is 0 Å². The van der Waals surface area contributed by atoms with Crippen LogP contribution in [0.5, 0.6) is 0 Å². The number of fused-ring (bicyclic) bond motifs is 1. The van der Waals surface area contributed by atoms with Crippen molar-refractivity contribution >= 4 is 23.4 Å². The second-order valence-corrected chi connectivity index (χ2v) is 6.63. The molecule has 2 aliphatic rings. The molecule has 1 saturated heterocycles. The summed E-state index contributed by atoms with van der Waals surface area (Å²) >= 11 is 0. The van der Waals surface area contributed by atoms with Gasteiger partial charge in [-0.15, -0.1) is 0 Å². The van der Waals surface area contributed by atoms with E-state index >= 15 is 0 Å². The number of carbonyl (C=O) groups excluding carboxylic acids is 1. The quantitative estimate of drug-likeness (QED) is 0.762. The second kappa shape index (κ2) is 6.87. The highest BCUT2D eigenvalue weighted by Gasteiger charge is 2.31. The first-order valence-corrected chi connectivity index (χ1v) is 8.78. The molecule has 1 aromatic heterocycles. The van der Waals surface area contributed by atoms with E-state index in [9.17, 15) is 9.18 Å². The summed E-state index contributed by atoms with van der Waals surface area (Å²) in [5, 5.41) is 6.73. The van der Waals surface area contributed by atoms with Crippen LogP contribution in [0.4, 0.5) is 21.8 Å². The Balaban J connectivity index is 1.54. The highest BCUT2D eigenvalue weighted by atomic mass is 19.1. The number of nitrogens with zero attached hydrogens (tertiary/aromatic N) is 3. The summed E-state index contributed by atoms with van der Waals surface area (Å²) in [4.78, 5) is 22.8. The summed E-state index contributed by atoms with van der Waals surface area (Å²) < 4.78 is 13.1. The smallest absolute Gasteiger partial charge is 0.229 e. The van der Waals surface area contributed by atoms with Gasteiger partial charge in [0.2, 0.25) is 11.9 Å². The first-order valence-electron chi connectivity index (χ1n) is 8.78. The minimum Gasteiger partial charge on any atom is -0.368 e. The van der Waals surface area contributed by atoms with E-state index in [4.69, 9.17) is 5.73 Å². The molecule has 0 spiro atoms. The van der Waals surface area contributed by atoms with Crippen molar-refractivity contribution in [1.82, 2.24) is 15.3 Å². The van der Waals surface area contributed by atoms with Crippen LogP contribution in [-0.4, -0.2) is 41.6 Å². The zero-order valence-corrected chi connectivity index (χ0v) is 14.3. The molecular formula is C18H21FN6O. The van der Waals surface area contributed by atoms with Gasteiger partial charge in [0.15, 0.2) is 0 Å². The van der Waals surface area contributed by atoms with Gasteiger partial charge in [-0.05, 0) is 37.2 Å². The monoisotopic (exact) mass is 356 g/mol. The SMILES string of the molecule is Nc1nc2c(c(N[C@H]3CC(=O)N(c4ccc(F)cc4)C3)n1)CCNCC2. The van der Waals surface area contributed by atoms with Crippen LogP contribution in [0, 0.1) is 5.82 Å². The third-order valence-corrected chi connectivity index (χ3v) is 4.80. The molecule has 2 aliphatic heterocycles. The lowest BCUT2D eigenvalue weighted by molar-refractivity contribution is -0.117. The van der Waals surface area contributed by atoms with Crippen LogP contribution in [0.25, 0.3) is 0 Å². The maximum Gasteiger partial charge on any atom is 0.229 e. The zero-order chi connectivity index (χ0) is 18.1. The molecule has 8 heteroatoms. The van der Waals surface area contributed by atoms with Crippen LogP contribution >= 0.6 is 0 Å². The van der Waals surface area contributed by atoms with E-state index in [2.05, 4.69) is 20.6 Å². The number of nitrogens with one attached hydrogen (secondary N) is 2. The van der Waals surface area contributed by atoms with E-state index in [0.717, 1.165) is 43.0 Å². The first-order chi connectivity index (χ1) is 12.6. The molecule has 1 fully saturated rings. The number of nitrogen functional groups attached to an aromatic ring is 1.